The van der Waals surface area contributed by atoms with Crippen LogP contribution in [0.25, 0.3) is 0 Å². The summed E-state index contributed by atoms with van der Waals surface area (Å²) >= 11 is 11.1. The highest BCUT2D eigenvalue weighted by molar-refractivity contribution is 6.35. The molecule has 19 heavy (non-hydrogen) atoms. The van der Waals surface area contributed by atoms with Crippen molar-refractivity contribution in [3.8, 4) is 0 Å². The van der Waals surface area contributed by atoms with Crippen LogP contribution in [0.1, 0.15) is 13.3 Å². The lowest BCUT2D eigenvalue weighted by Crippen LogP contribution is -2.42. The number of amides is 2. The van der Waals surface area contributed by atoms with Crippen LogP contribution in [-0.2, 0) is 4.79 Å². The zero-order valence-corrected chi connectivity index (χ0v) is 11.3. The molecule has 0 fully saturated rings. The normalized spacial score (nSPS) is 11.8. The second-order valence-electron chi connectivity index (χ2n) is 3.65. The average molecular weight is 309 g/mol. The van der Waals surface area contributed by atoms with Gasteiger partial charge in [0.15, 0.2) is 5.82 Å². The molecule has 104 valence electrons. The van der Waals surface area contributed by atoms with Gasteiger partial charge in [-0.2, -0.15) is 0 Å². The highest BCUT2D eigenvalue weighted by atomic mass is 35.5. The van der Waals surface area contributed by atoms with Gasteiger partial charge in [-0.3, -0.25) is 0 Å². The van der Waals surface area contributed by atoms with Crippen molar-refractivity contribution >= 4 is 40.9 Å². The number of halogens is 3. The van der Waals surface area contributed by atoms with Gasteiger partial charge in [0.25, 0.3) is 0 Å². The van der Waals surface area contributed by atoms with E-state index in [-0.39, 0.29) is 22.2 Å². The van der Waals surface area contributed by atoms with Gasteiger partial charge in [0.1, 0.15) is 6.04 Å². The number of benzene rings is 1. The SMILES string of the molecule is CC[C@@H](NC(=O)Nc1cc(Cl)c(F)c(Cl)c1)C(=O)O. The molecule has 0 aliphatic carbocycles. The van der Waals surface area contributed by atoms with Gasteiger partial charge in [-0.15, -0.1) is 0 Å². The second-order valence-corrected chi connectivity index (χ2v) is 4.47. The Hall–Kier alpha value is -1.53. The maximum Gasteiger partial charge on any atom is 0.326 e. The number of aliphatic carboxylic acids is 1. The zero-order chi connectivity index (χ0) is 14.6. The maximum atomic E-state index is 13.1. The summed E-state index contributed by atoms with van der Waals surface area (Å²) in [5.74, 6) is -1.93. The van der Waals surface area contributed by atoms with E-state index in [0.717, 1.165) is 0 Å². The topological polar surface area (TPSA) is 78.4 Å². The van der Waals surface area contributed by atoms with E-state index in [0.29, 0.717) is 0 Å². The number of carbonyl (C=O) groups excluding carboxylic acids is 1. The summed E-state index contributed by atoms with van der Waals surface area (Å²) in [6.07, 6.45) is 0.230. The molecule has 0 unspecified atom stereocenters. The quantitative estimate of drug-likeness (QED) is 0.748. The van der Waals surface area contributed by atoms with Crippen molar-refractivity contribution in [2.75, 3.05) is 5.32 Å². The fraction of sp³-hybridized carbons (Fsp3) is 0.273. The highest BCUT2D eigenvalue weighted by Gasteiger charge is 2.18. The van der Waals surface area contributed by atoms with Crippen molar-refractivity contribution in [1.29, 1.82) is 0 Å². The third-order valence-electron chi connectivity index (χ3n) is 2.25. The van der Waals surface area contributed by atoms with Crippen LogP contribution in [-0.4, -0.2) is 23.1 Å². The maximum absolute atomic E-state index is 13.1. The molecule has 2 amide bonds. The van der Waals surface area contributed by atoms with Gasteiger partial charge in [-0.05, 0) is 18.6 Å². The van der Waals surface area contributed by atoms with Gasteiger partial charge >= 0.3 is 12.0 Å². The van der Waals surface area contributed by atoms with Crippen LogP contribution >= 0.6 is 23.2 Å². The number of hydrogen-bond donors (Lipinski definition) is 3. The van der Waals surface area contributed by atoms with E-state index in [4.69, 9.17) is 28.3 Å². The first-order chi connectivity index (χ1) is 8.85. The lowest BCUT2D eigenvalue weighted by molar-refractivity contribution is -0.139. The molecule has 0 saturated carbocycles. The molecule has 0 aliphatic rings. The third-order valence-corrected chi connectivity index (χ3v) is 2.80. The number of carboxylic acid groups (broad SMARTS) is 1. The Bertz CT molecular complexity index is 488. The Morgan fingerprint density at radius 2 is 1.89 bits per heavy atom. The van der Waals surface area contributed by atoms with Crippen LogP contribution in [0.4, 0.5) is 14.9 Å². The van der Waals surface area contributed by atoms with Gasteiger partial charge in [0, 0.05) is 5.69 Å². The summed E-state index contributed by atoms with van der Waals surface area (Å²) in [5, 5.41) is 12.9. The van der Waals surface area contributed by atoms with E-state index < -0.39 is 23.9 Å². The van der Waals surface area contributed by atoms with E-state index in [1.165, 1.54) is 12.1 Å². The molecule has 0 aliphatic heterocycles. The second kappa shape index (κ2) is 6.58. The first-order valence-electron chi connectivity index (χ1n) is 5.30. The Morgan fingerprint density at radius 1 is 1.37 bits per heavy atom. The Balaban J connectivity index is 2.75. The van der Waals surface area contributed by atoms with E-state index in [1.54, 1.807) is 6.92 Å². The van der Waals surface area contributed by atoms with Crippen molar-refractivity contribution < 1.29 is 19.1 Å². The number of carboxylic acids is 1. The molecule has 1 rings (SSSR count). The zero-order valence-electron chi connectivity index (χ0n) is 9.84. The van der Waals surface area contributed by atoms with Crippen molar-refractivity contribution in [2.45, 2.75) is 19.4 Å². The summed E-state index contributed by atoms with van der Waals surface area (Å²) < 4.78 is 13.1. The number of nitrogens with one attached hydrogen (secondary N) is 2. The lowest BCUT2D eigenvalue weighted by atomic mass is 10.2. The van der Waals surface area contributed by atoms with Gasteiger partial charge in [-0.25, -0.2) is 14.0 Å². The van der Waals surface area contributed by atoms with Gasteiger partial charge in [0.05, 0.1) is 10.0 Å². The fourth-order valence-corrected chi connectivity index (χ4v) is 1.78. The fourth-order valence-electron chi connectivity index (χ4n) is 1.29. The summed E-state index contributed by atoms with van der Waals surface area (Å²) in [7, 11) is 0. The summed E-state index contributed by atoms with van der Waals surface area (Å²) in [4.78, 5) is 22.3. The Kier molecular flexibility index (Phi) is 5.38. The lowest BCUT2D eigenvalue weighted by Gasteiger charge is -2.13. The van der Waals surface area contributed by atoms with Gasteiger partial charge in [0.2, 0.25) is 0 Å². The number of rotatable bonds is 4. The van der Waals surface area contributed by atoms with Crippen molar-refractivity contribution in [3.63, 3.8) is 0 Å². The Labute approximate surface area is 118 Å². The van der Waals surface area contributed by atoms with E-state index in [1.807, 2.05) is 0 Å². The number of anilines is 1. The third kappa shape index (κ3) is 4.25. The Morgan fingerprint density at radius 3 is 2.32 bits per heavy atom. The molecule has 0 saturated heterocycles. The molecule has 0 aromatic heterocycles. The molecule has 3 N–H and O–H groups in total. The van der Waals surface area contributed by atoms with Crippen molar-refractivity contribution in [1.82, 2.24) is 5.32 Å². The molecular formula is C11H11Cl2FN2O3. The number of urea groups is 1. The van der Waals surface area contributed by atoms with E-state index in [2.05, 4.69) is 10.6 Å². The van der Waals surface area contributed by atoms with Crippen LogP contribution in [0.3, 0.4) is 0 Å². The smallest absolute Gasteiger partial charge is 0.326 e. The summed E-state index contributed by atoms with van der Waals surface area (Å²) in [6, 6.07) is 0.591. The minimum Gasteiger partial charge on any atom is -0.480 e. The summed E-state index contributed by atoms with van der Waals surface area (Å²) in [5.41, 5.74) is 0.161. The minimum absolute atomic E-state index is 0.161. The molecule has 1 aromatic rings. The van der Waals surface area contributed by atoms with Gasteiger partial charge < -0.3 is 15.7 Å². The van der Waals surface area contributed by atoms with Crippen LogP contribution < -0.4 is 10.6 Å². The molecule has 0 radical (unpaired) electrons. The molecule has 0 spiro atoms. The number of carbonyl (C=O) groups is 2. The standard InChI is InChI=1S/C11H11Cl2FN2O3/c1-2-8(10(17)18)16-11(19)15-5-3-6(12)9(14)7(13)4-5/h3-4,8H,2H2,1H3,(H,17,18)(H2,15,16,19)/t8-/m1/s1. The first kappa shape index (κ1) is 15.5. The largest absolute Gasteiger partial charge is 0.480 e. The van der Waals surface area contributed by atoms with Crippen LogP contribution in [0, 0.1) is 5.82 Å². The first-order valence-corrected chi connectivity index (χ1v) is 6.05. The monoisotopic (exact) mass is 308 g/mol. The van der Waals surface area contributed by atoms with Crippen LogP contribution in [0.2, 0.25) is 10.0 Å². The van der Waals surface area contributed by atoms with E-state index >= 15 is 0 Å². The predicted molar refractivity (Wildman–Crippen MR) is 70.3 cm³/mol. The van der Waals surface area contributed by atoms with Gasteiger partial charge in [-0.1, -0.05) is 30.1 Å². The van der Waals surface area contributed by atoms with Crippen LogP contribution in [0.15, 0.2) is 12.1 Å². The average Bonchev–Trinajstić information content (AvgIpc) is 2.32. The minimum atomic E-state index is -1.15. The molecule has 1 atom stereocenters. The van der Waals surface area contributed by atoms with E-state index in [9.17, 15) is 14.0 Å². The number of hydrogen-bond acceptors (Lipinski definition) is 2. The van der Waals surface area contributed by atoms with Crippen molar-refractivity contribution in [2.24, 2.45) is 0 Å². The molecule has 0 heterocycles. The molecule has 5 nitrogen and oxygen atoms in total. The predicted octanol–water partition coefficient (Wildman–Crippen LogP) is 3.12. The molecule has 0 bridgehead atoms. The molecular weight excluding hydrogens is 298 g/mol. The highest BCUT2D eigenvalue weighted by Crippen LogP contribution is 2.27. The molecule has 8 heteroatoms. The summed E-state index contributed by atoms with van der Waals surface area (Å²) in [6.45, 7) is 1.62. The van der Waals surface area contributed by atoms with Crippen LogP contribution in [0.5, 0.6) is 0 Å². The molecule has 1 aromatic carbocycles. The van der Waals surface area contributed by atoms with Crippen molar-refractivity contribution in [3.05, 3.63) is 28.0 Å².